The van der Waals surface area contributed by atoms with Crippen molar-refractivity contribution in [3.8, 4) is 0 Å². The number of aromatic nitrogens is 3. The number of rotatable bonds is 9. The standard InChI is InChI=1S/C17H26N4S/c1-14(2)13-21-16(19-20-17(21)22-3)10-7-11-18-12-15-8-5-4-6-9-15/h4-6,8-9,14,18H,7,10-13H2,1-3H3. The molecule has 0 saturated heterocycles. The molecule has 0 radical (unpaired) electrons. The monoisotopic (exact) mass is 318 g/mol. The first-order chi connectivity index (χ1) is 10.7. The normalized spacial score (nSPS) is 11.3. The van der Waals surface area contributed by atoms with E-state index in [9.17, 15) is 0 Å². The Morgan fingerprint density at radius 3 is 2.64 bits per heavy atom. The van der Waals surface area contributed by atoms with Gasteiger partial charge in [-0.3, -0.25) is 0 Å². The van der Waals surface area contributed by atoms with Gasteiger partial charge in [-0.2, -0.15) is 0 Å². The van der Waals surface area contributed by atoms with Gasteiger partial charge in [0.2, 0.25) is 0 Å². The number of benzene rings is 1. The lowest BCUT2D eigenvalue weighted by atomic mass is 10.2. The van der Waals surface area contributed by atoms with Crippen LogP contribution in [0.5, 0.6) is 0 Å². The average molecular weight is 318 g/mol. The molecule has 22 heavy (non-hydrogen) atoms. The molecule has 4 nitrogen and oxygen atoms in total. The predicted molar refractivity (Wildman–Crippen MR) is 93.1 cm³/mol. The van der Waals surface area contributed by atoms with Crippen LogP contribution < -0.4 is 5.32 Å². The maximum Gasteiger partial charge on any atom is 0.190 e. The van der Waals surface area contributed by atoms with E-state index in [1.165, 1.54) is 5.56 Å². The molecule has 1 aromatic carbocycles. The summed E-state index contributed by atoms with van der Waals surface area (Å²) in [6.07, 6.45) is 4.12. The third-order valence-electron chi connectivity index (χ3n) is 3.45. The molecule has 1 N–H and O–H groups in total. The Kier molecular flexibility index (Phi) is 6.93. The molecule has 0 atom stereocenters. The van der Waals surface area contributed by atoms with Gasteiger partial charge in [-0.1, -0.05) is 55.9 Å². The minimum absolute atomic E-state index is 0.608. The van der Waals surface area contributed by atoms with E-state index in [-0.39, 0.29) is 0 Å². The van der Waals surface area contributed by atoms with Crippen LogP contribution in [-0.4, -0.2) is 27.6 Å². The predicted octanol–water partition coefficient (Wildman–Crippen LogP) is 3.38. The number of nitrogens with zero attached hydrogens (tertiary/aromatic N) is 3. The zero-order chi connectivity index (χ0) is 15.8. The van der Waals surface area contributed by atoms with Gasteiger partial charge in [0.05, 0.1) is 0 Å². The van der Waals surface area contributed by atoms with Crippen molar-refractivity contribution in [2.45, 2.75) is 44.9 Å². The van der Waals surface area contributed by atoms with E-state index >= 15 is 0 Å². The number of thioether (sulfide) groups is 1. The molecule has 0 aliphatic rings. The van der Waals surface area contributed by atoms with Crippen molar-refractivity contribution < 1.29 is 0 Å². The first-order valence-electron chi connectivity index (χ1n) is 7.91. The molecule has 5 heteroatoms. The Balaban J connectivity index is 1.78. The largest absolute Gasteiger partial charge is 0.313 e. The summed E-state index contributed by atoms with van der Waals surface area (Å²) in [6.45, 7) is 7.38. The Hall–Kier alpha value is -1.33. The van der Waals surface area contributed by atoms with Crippen LogP contribution in [0.25, 0.3) is 0 Å². The fourth-order valence-electron chi connectivity index (χ4n) is 2.40. The number of aryl methyl sites for hydroxylation is 1. The second kappa shape index (κ2) is 8.96. The second-order valence-electron chi connectivity index (χ2n) is 5.87. The van der Waals surface area contributed by atoms with Crippen LogP contribution in [0.3, 0.4) is 0 Å². The molecule has 120 valence electrons. The van der Waals surface area contributed by atoms with Crippen molar-refractivity contribution >= 4 is 11.8 Å². The molecule has 1 heterocycles. The van der Waals surface area contributed by atoms with E-state index in [4.69, 9.17) is 0 Å². The van der Waals surface area contributed by atoms with E-state index in [1.54, 1.807) is 11.8 Å². The van der Waals surface area contributed by atoms with Crippen LogP contribution in [0, 0.1) is 5.92 Å². The summed E-state index contributed by atoms with van der Waals surface area (Å²) < 4.78 is 2.27. The molecule has 0 saturated carbocycles. The summed E-state index contributed by atoms with van der Waals surface area (Å²) in [5, 5.41) is 13.2. The quantitative estimate of drug-likeness (QED) is 0.568. The Labute approximate surface area is 137 Å². The number of hydrogen-bond donors (Lipinski definition) is 1. The van der Waals surface area contributed by atoms with Crippen molar-refractivity contribution in [3.63, 3.8) is 0 Å². The van der Waals surface area contributed by atoms with Crippen LogP contribution in [0.1, 0.15) is 31.7 Å². The highest BCUT2D eigenvalue weighted by atomic mass is 32.2. The lowest BCUT2D eigenvalue weighted by Gasteiger charge is -2.11. The second-order valence-corrected chi connectivity index (χ2v) is 6.65. The summed E-state index contributed by atoms with van der Waals surface area (Å²) in [6, 6.07) is 10.5. The molecule has 0 unspecified atom stereocenters. The van der Waals surface area contributed by atoms with Gasteiger partial charge in [-0.25, -0.2) is 0 Å². The van der Waals surface area contributed by atoms with E-state index in [0.717, 1.165) is 43.5 Å². The topological polar surface area (TPSA) is 42.7 Å². The van der Waals surface area contributed by atoms with Gasteiger partial charge in [-0.15, -0.1) is 10.2 Å². The maximum absolute atomic E-state index is 4.36. The van der Waals surface area contributed by atoms with Crippen LogP contribution in [0.4, 0.5) is 0 Å². The molecular weight excluding hydrogens is 292 g/mol. The first kappa shape index (κ1) is 17.0. The van der Waals surface area contributed by atoms with E-state index in [0.29, 0.717) is 5.92 Å². The van der Waals surface area contributed by atoms with Crippen molar-refractivity contribution in [1.29, 1.82) is 0 Å². The Bertz CT molecular complexity index is 551. The lowest BCUT2D eigenvalue weighted by Crippen LogP contribution is -2.16. The molecule has 0 aliphatic carbocycles. The fraction of sp³-hybridized carbons (Fsp3) is 0.529. The molecule has 0 bridgehead atoms. The van der Waals surface area contributed by atoms with Gasteiger partial charge in [0.25, 0.3) is 0 Å². The highest BCUT2D eigenvalue weighted by molar-refractivity contribution is 7.98. The Morgan fingerprint density at radius 2 is 1.95 bits per heavy atom. The van der Waals surface area contributed by atoms with Crippen molar-refractivity contribution in [1.82, 2.24) is 20.1 Å². The highest BCUT2D eigenvalue weighted by Crippen LogP contribution is 2.16. The molecule has 2 rings (SSSR count). The summed E-state index contributed by atoms with van der Waals surface area (Å²) in [5.74, 6) is 1.72. The van der Waals surface area contributed by atoms with Gasteiger partial charge < -0.3 is 9.88 Å². The summed E-state index contributed by atoms with van der Waals surface area (Å²) >= 11 is 1.67. The number of nitrogens with one attached hydrogen (secondary N) is 1. The third kappa shape index (κ3) is 5.14. The lowest BCUT2D eigenvalue weighted by molar-refractivity contribution is 0.475. The summed E-state index contributed by atoms with van der Waals surface area (Å²) in [5.41, 5.74) is 1.33. The van der Waals surface area contributed by atoms with Crippen LogP contribution in [-0.2, 0) is 19.5 Å². The van der Waals surface area contributed by atoms with Crippen molar-refractivity contribution in [2.75, 3.05) is 12.8 Å². The molecule has 0 aliphatic heterocycles. The SMILES string of the molecule is CSc1nnc(CCCNCc2ccccc2)n1CC(C)C. The van der Waals surface area contributed by atoms with Crippen molar-refractivity contribution in [2.24, 2.45) is 5.92 Å². The highest BCUT2D eigenvalue weighted by Gasteiger charge is 2.12. The molecule has 0 amide bonds. The average Bonchev–Trinajstić information content (AvgIpc) is 2.89. The zero-order valence-corrected chi connectivity index (χ0v) is 14.6. The van der Waals surface area contributed by atoms with Crippen LogP contribution >= 0.6 is 11.8 Å². The molecular formula is C17H26N4S. The maximum atomic E-state index is 4.36. The van der Waals surface area contributed by atoms with Crippen LogP contribution in [0.2, 0.25) is 0 Å². The van der Waals surface area contributed by atoms with Gasteiger partial charge in [0.15, 0.2) is 5.16 Å². The fourth-order valence-corrected chi connectivity index (χ4v) is 2.93. The van der Waals surface area contributed by atoms with E-state index < -0.39 is 0 Å². The van der Waals surface area contributed by atoms with Gasteiger partial charge in [0.1, 0.15) is 5.82 Å². The minimum Gasteiger partial charge on any atom is -0.313 e. The minimum atomic E-state index is 0.608. The molecule has 0 spiro atoms. The van der Waals surface area contributed by atoms with E-state index in [2.05, 4.69) is 64.4 Å². The van der Waals surface area contributed by atoms with Crippen LogP contribution in [0.15, 0.2) is 35.5 Å². The van der Waals surface area contributed by atoms with Gasteiger partial charge in [-0.05, 0) is 30.7 Å². The smallest absolute Gasteiger partial charge is 0.190 e. The molecule has 1 aromatic heterocycles. The molecule has 0 fully saturated rings. The summed E-state index contributed by atoms with van der Waals surface area (Å²) in [7, 11) is 0. The molecule has 2 aromatic rings. The number of hydrogen-bond acceptors (Lipinski definition) is 4. The first-order valence-corrected chi connectivity index (χ1v) is 9.14. The van der Waals surface area contributed by atoms with Gasteiger partial charge in [0, 0.05) is 19.5 Å². The summed E-state index contributed by atoms with van der Waals surface area (Å²) in [4.78, 5) is 0. The Morgan fingerprint density at radius 1 is 1.18 bits per heavy atom. The van der Waals surface area contributed by atoms with E-state index in [1.807, 2.05) is 6.07 Å². The van der Waals surface area contributed by atoms with Gasteiger partial charge >= 0.3 is 0 Å². The zero-order valence-electron chi connectivity index (χ0n) is 13.7. The third-order valence-corrected chi connectivity index (χ3v) is 4.12. The van der Waals surface area contributed by atoms with Crippen molar-refractivity contribution in [3.05, 3.63) is 41.7 Å².